The summed E-state index contributed by atoms with van der Waals surface area (Å²) in [5.41, 5.74) is 6.58. The van der Waals surface area contributed by atoms with Crippen molar-refractivity contribution in [2.45, 2.75) is 52.0 Å². The van der Waals surface area contributed by atoms with Crippen LogP contribution in [0.25, 0.3) is 0 Å². The normalized spacial score (nSPS) is 36.0. The highest BCUT2D eigenvalue weighted by Gasteiger charge is 2.39. The first-order chi connectivity index (χ1) is 4.46. The molecule has 0 aromatic rings. The first-order valence-electron chi connectivity index (χ1n) is 4.25. The molecule has 0 bridgehead atoms. The zero-order chi connectivity index (χ0) is 7.83. The Hall–Kier alpha value is 0.690. The van der Waals surface area contributed by atoms with Crippen LogP contribution in [0.4, 0.5) is 0 Å². The van der Waals surface area contributed by atoms with E-state index in [1.54, 1.807) is 0 Å². The maximum atomic E-state index is 6.16. The minimum Gasteiger partial charge on any atom is -0.325 e. The van der Waals surface area contributed by atoms with Crippen molar-refractivity contribution in [2.75, 3.05) is 0 Å². The van der Waals surface area contributed by atoms with E-state index in [0.717, 1.165) is 0 Å². The van der Waals surface area contributed by atoms with Crippen molar-refractivity contribution in [3.8, 4) is 0 Å². The van der Waals surface area contributed by atoms with Crippen LogP contribution in [0.5, 0.6) is 0 Å². The Kier molecular flexibility index (Phi) is 3.83. The summed E-state index contributed by atoms with van der Waals surface area (Å²) in [6.07, 6.45) is 5.16. The zero-order valence-electron chi connectivity index (χ0n) is 7.81. The van der Waals surface area contributed by atoms with Crippen LogP contribution in [-0.4, -0.2) is 5.54 Å². The third-order valence-corrected chi connectivity index (χ3v) is 3.29. The summed E-state index contributed by atoms with van der Waals surface area (Å²) in [6, 6.07) is 0. The molecular weight excluding hydrogens is 249 g/mol. The van der Waals surface area contributed by atoms with Crippen LogP contribution in [0.2, 0.25) is 0 Å². The highest BCUT2D eigenvalue weighted by molar-refractivity contribution is 14.0. The molecule has 1 saturated carbocycles. The fourth-order valence-electron chi connectivity index (χ4n) is 1.68. The maximum absolute atomic E-state index is 6.16. The van der Waals surface area contributed by atoms with E-state index in [0.29, 0.717) is 5.41 Å². The van der Waals surface area contributed by atoms with Crippen molar-refractivity contribution < 1.29 is 0 Å². The quantitative estimate of drug-likeness (QED) is 0.672. The van der Waals surface area contributed by atoms with Crippen molar-refractivity contribution in [3.63, 3.8) is 0 Å². The molecule has 68 valence electrons. The molecule has 1 fully saturated rings. The summed E-state index contributed by atoms with van der Waals surface area (Å²) in [6.45, 7) is 6.75. The summed E-state index contributed by atoms with van der Waals surface area (Å²) < 4.78 is 0. The summed E-state index contributed by atoms with van der Waals surface area (Å²) in [4.78, 5) is 0. The first-order valence-corrected chi connectivity index (χ1v) is 4.25. The van der Waals surface area contributed by atoms with Crippen molar-refractivity contribution in [2.24, 2.45) is 11.1 Å². The van der Waals surface area contributed by atoms with E-state index in [2.05, 4.69) is 20.8 Å². The Balaban J connectivity index is 0.000001000. The molecule has 1 atom stereocenters. The molecule has 11 heavy (non-hydrogen) atoms. The maximum Gasteiger partial charge on any atom is 0.0177 e. The largest absolute Gasteiger partial charge is 0.325 e. The Morgan fingerprint density at radius 1 is 1.00 bits per heavy atom. The number of nitrogens with two attached hydrogens (primary N) is 1. The molecule has 0 amide bonds. The van der Waals surface area contributed by atoms with Gasteiger partial charge in [0.15, 0.2) is 0 Å². The van der Waals surface area contributed by atoms with Gasteiger partial charge in [-0.2, -0.15) is 0 Å². The minimum absolute atomic E-state index is 0. The Bertz CT molecular complexity index is 114. The number of hydrogen-bond acceptors (Lipinski definition) is 1. The molecule has 1 unspecified atom stereocenters. The first kappa shape index (κ1) is 11.7. The van der Waals surface area contributed by atoms with Gasteiger partial charge in [-0.1, -0.05) is 26.7 Å². The van der Waals surface area contributed by atoms with E-state index in [1.807, 2.05) is 0 Å². The Labute approximate surface area is 87.1 Å². The summed E-state index contributed by atoms with van der Waals surface area (Å²) in [5.74, 6) is 0. The molecule has 0 aliphatic heterocycles. The lowest BCUT2D eigenvalue weighted by molar-refractivity contribution is 0.116. The van der Waals surface area contributed by atoms with Gasteiger partial charge < -0.3 is 5.73 Å². The van der Waals surface area contributed by atoms with Gasteiger partial charge in [0.05, 0.1) is 0 Å². The average Bonchev–Trinajstić information content (AvgIpc) is 1.77. The van der Waals surface area contributed by atoms with Crippen molar-refractivity contribution in [1.29, 1.82) is 0 Å². The molecule has 0 aromatic carbocycles. The fourth-order valence-corrected chi connectivity index (χ4v) is 1.68. The molecule has 0 radical (unpaired) electrons. The van der Waals surface area contributed by atoms with E-state index in [1.165, 1.54) is 25.7 Å². The van der Waals surface area contributed by atoms with Crippen molar-refractivity contribution in [3.05, 3.63) is 0 Å². The second-order valence-electron chi connectivity index (χ2n) is 4.51. The van der Waals surface area contributed by atoms with Gasteiger partial charge in [-0.15, -0.1) is 24.0 Å². The zero-order valence-corrected chi connectivity index (χ0v) is 10.1. The average molecular weight is 269 g/mol. The summed E-state index contributed by atoms with van der Waals surface area (Å²) >= 11 is 0. The Morgan fingerprint density at radius 2 is 1.45 bits per heavy atom. The molecule has 2 N–H and O–H groups in total. The van der Waals surface area contributed by atoms with E-state index in [4.69, 9.17) is 5.73 Å². The van der Waals surface area contributed by atoms with Crippen molar-refractivity contribution >= 4 is 24.0 Å². The van der Waals surface area contributed by atoms with Gasteiger partial charge in [0, 0.05) is 5.54 Å². The van der Waals surface area contributed by atoms with Crippen LogP contribution < -0.4 is 5.73 Å². The lowest BCUT2D eigenvalue weighted by atomic mass is 9.65. The number of halogens is 1. The molecule has 1 aliphatic rings. The van der Waals surface area contributed by atoms with Gasteiger partial charge in [-0.25, -0.2) is 0 Å². The van der Waals surface area contributed by atoms with E-state index < -0.39 is 0 Å². The van der Waals surface area contributed by atoms with Gasteiger partial charge in [-0.3, -0.25) is 0 Å². The molecule has 0 aromatic heterocycles. The Morgan fingerprint density at radius 3 is 1.73 bits per heavy atom. The predicted octanol–water partition coefficient (Wildman–Crippen LogP) is 2.92. The van der Waals surface area contributed by atoms with Crippen LogP contribution in [0, 0.1) is 5.41 Å². The van der Waals surface area contributed by atoms with Crippen LogP contribution in [0.15, 0.2) is 0 Å². The van der Waals surface area contributed by atoms with E-state index in [-0.39, 0.29) is 29.5 Å². The van der Waals surface area contributed by atoms with Crippen LogP contribution in [0.1, 0.15) is 46.5 Å². The third kappa shape index (κ3) is 2.31. The van der Waals surface area contributed by atoms with Crippen LogP contribution >= 0.6 is 24.0 Å². The van der Waals surface area contributed by atoms with Crippen LogP contribution in [0.3, 0.4) is 0 Å². The summed E-state index contributed by atoms with van der Waals surface area (Å²) in [7, 11) is 0. The fraction of sp³-hybridized carbons (Fsp3) is 1.00. The summed E-state index contributed by atoms with van der Waals surface area (Å²) in [5, 5.41) is 0. The molecule has 1 nitrogen and oxygen atoms in total. The van der Waals surface area contributed by atoms with Crippen LogP contribution in [-0.2, 0) is 0 Å². The molecule has 0 saturated heterocycles. The smallest absolute Gasteiger partial charge is 0.0177 e. The molecule has 2 heteroatoms. The van der Waals surface area contributed by atoms with Gasteiger partial charge in [-0.05, 0) is 25.2 Å². The molecule has 1 rings (SSSR count). The SMILES string of the molecule is CC1(C)CCCCC1(C)N.I. The van der Waals surface area contributed by atoms with Gasteiger partial charge in [0.1, 0.15) is 0 Å². The topological polar surface area (TPSA) is 26.0 Å². The lowest BCUT2D eigenvalue weighted by Gasteiger charge is -2.45. The molecule has 0 spiro atoms. The monoisotopic (exact) mass is 269 g/mol. The van der Waals surface area contributed by atoms with Gasteiger partial charge >= 0.3 is 0 Å². The molecule has 1 aliphatic carbocycles. The predicted molar refractivity (Wildman–Crippen MR) is 60.3 cm³/mol. The standard InChI is InChI=1S/C9H19N.HI/c1-8(2)6-4-5-7-9(8,3)10;/h4-7,10H2,1-3H3;1H. The third-order valence-electron chi connectivity index (χ3n) is 3.29. The second-order valence-corrected chi connectivity index (χ2v) is 4.51. The van der Waals surface area contributed by atoms with E-state index >= 15 is 0 Å². The highest BCUT2D eigenvalue weighted by atomic mass is 127. The number of hydrogen-bond donors (Lipinski definition) is 1. The second kappa shape index (κ2) is 3.60. The van der Waals surface area contributed by atoms with E-state index in [9.17, 15) is 0 Å². The van der Waals surface area contributed by atoms with Crippen molar-refractivity contribution in [1.82, 2.24) is 0 Å². The van der Waals surface area contributed by atoms with Gasteiger partial charge in [0.25, 0.3) is 0 Å². The number of rotatable bonds is 0. The lowest BCUT2D eigenvalue weighted by Crippen LogP contribution is -2.51. The molecule has 0 heterocycles. The highest BCUT2D eigenvalue weighted by Crippen LogP contribution is 2.41. The molecular formula is C9H20IN. The minimum atomic E-state index is 0. The van der Waals surface area contributed by atoms with Gasteiger partial charge in [0.2, 0.25) is 0 Å².